The van der Waals surface area contributed by atoms with Gasteiger partial charge < -0.3 is 10.1 Å². The van der Waals surface area contributed by atoms with Crippen LogP contribution < -0.4 is 10.1 Å². The molecule has 1 saturated carbocycles. The van der Waals surface area contributed by atoms with Crippen molar-refractivity contribution >= 4 is 5.91 Å². The fourth-order valence-electron chi connectivity index (χ4n) is 1.57. The smallest absolute Gasteiger partial charge is 0.397 e. The first-order valence-electron chi connectivity index (χ1n) is 6.33. The number of nitrogens with one attached hydrogen (secondary N) is 1. The van der Waals surface area contributed by atoms with Crippen molar-refractivity contribution in [2.24, 2.45) is 5.92 Å². The average Bonchev–Trinajstić information content (AvgIpc) is 3.16. The zero-order valence-corrected chi connectivity index (χ0v) is 10.7. The third-order valence-electron chi connectivity index (χ3n) is 2.81. The van der Waals surface area contributed by atoms with Crippen molar-refractivity contribution < 1.29 is 22.7 Å². The Bertz CT molecular complexity index is 473. The number of alkyl halides is 3. The number of carbonyl (C=O) groups excluding carboxylic acids is 1. The van der Waals surface area contributed by atoms with E-state index < -0.39 is 18.5 Å². The largest absolute Gasteiger partial charge is 0.477 e. The molecule has 1 heterocycles. The van der Waals surface area contributed by atoms with E-state index in [9.17, 15) is 18.0 Å². The van der Waals surface area contributed by atoms with Crippen LogP contribution in [-0.4, -0.2) is 23.7 Å². The fraction of sp³-hybridized carbons (Fsp3) is 0.538. The molecule has 110 valence electrons. The van der Waals surface area contributed by atoms with Crippen LogP contribution in [0.4, 0.5) is 13.2 Å². The first-order valence-corrected chi connectivity index (χ1v) is 6.33. The lowest BCUT2D eigenvalue weighted by Gasteiger charge is -2.09. The van der Waals surface area contributed by atoms with Gasteiger partial charge in [0, 0.05) is 18.8 Å². The Hall–Kier alpha value is -1.79. The van der Waals surface area contributed by atoms with Crippen LogP contribution in [0.3, 0.4) is 0 Å². The van der Waals surface area contributed by atoms with Gasteiger partial charge in [-0.05, 0) is 30.4 Å². The van der Waals surface area contributed by atoms with E-state index in [1.54, 1.807) is 12.1 Å². The fourth-order valence-corrected chi connectivity index (χ4v) is 1.57. The van der Waals surface area contributed by atoms with Crippen molar-refractivity contribution in [3.8, 4) is 5.88 Å². The highest BCUT2D eigenvalue weighted by Crippen LogP contribution is 2.29. The number of rotatable bonds is 6. The lowest BCUT2D eigenvalue weighted by Crippen LogP contribution is -2.28. The van der Waals surface area contributed by atoms with Gasteiger partial charge in [0.1, 0.15) is 6.42 Å². The SMILES string of the molecule is O=C(CC(F)(F)F)NCc1ccnc(OCC2CC2)c1. The number of hydrogen-bond donors (Lipinski definition) is 1. The van der Waals surface area contributed by atoms with E-state index in [-0.39, 0.29) is 6.54 Å². The predicted molar refractivity (Wildman–Crippen MR) is 65.0 cm³/mol. The molecule has 0 saturated heterocycles. The molecule has 1 fully saturated rings. The molecule has 1 N–H and O–H groups in total. The number of carbonyl (C=O) groups is 1. The molecule has 1 aromatic rings. The van der Waals surface area contributed by atoms with Crippen LogP contribution in [0.2, 0.25) is 0 Å². The summed E-state index contributed by atoms with van der Waals surface area (Å²) in [6, 6.07) is 3.24. The van der Waals surface area contributed by atoms with Crippen molar-refractivity contribution in [3.63, 3.8) is 0 Å². The monoisotopic (exact) mass is 288 g/mol. The molecule has 0 radical (unpaired) electrons. The molecule has 1 amide bonds. The second kappa shape index (κ2) is 6.11. The Morgan fingerprint density at radius 2 is 2.20 bits per heavy atom. The van der Waals surface area contributed by atoms with Crippen LogP contribution >= 0.6 is 0 Å². The van der Waals surface area contributed by atoms with E-state index in [1.807, 2.05) is 0 Å². The standard InChI is InChI=1S/C13H15F3N2O2/c14-13(15,16)6-11(19)18-7-10-3-4-17-12(5-10)20-8-9-1-2-9/h3-5,9H,1-2,6-8H2,(H,18,19). The van der Waals surface area contributed by atoms with Gasteiger partial charge in [0.05, 0.1) is 6.61 Å². The lowest BCUT2D eigenvalue weighted by atomic mass is 10.2. The van der Waals surface area contributed by atoms with Gasteiger partial charge in [0.2, 0.25) is 11.8 Å². The van der Waals surface area contributed by atoms with Crippen molar-refractivity contribution in [2.75, 3.05) is 6.61 Å². The third kappa shape index (κ3) is 5.46. The van der Waals surface area contributed by atoms with Gasteiger partial charge in [-0.15, -0.1) is 0 Å². The van der Waals surface area contributed by atoms with Crippen molar-refractivity contribution in [2.45, 2.75) is 32.0 Å². The highest BCUT2D eigenvalue weighted by molar-refractivity contribution is 5.76. The number of ether oxygens (including phenoxy) is 1. The number of amides is 1. The maximum Gasteiger partial charge on any atom is 0.397 e. The minimum atomic E-state index is -4.49. The van der Waals surface area contributed by atoms with Gasteiger partial charge in [0.25, 0.3) is 0 Å². The molecule has 7 heteroatoms. The Morgan fingerprint density at radius 1 is 1.45 bits per heavy atom. The Balaban J connectivity index is 1.79. The minimum Gasteiger partial charge on any atom is -0.477 e. The molecule has 0 aromatic carbocycles. The van der Waals surface area contributed by atoms with Gasteiger partial charge >= 0.3 is 6.18 Å². The summed E-state index contributed by atoms with van der Waals surface area (Å²) in [7, 11) is 0. The summed E-state index contributed by atoms with van der Waals surface area (Å²) >= 11 is 0. The third-order valence-corrected chi connectivity index (χ3v) is 2.81. The van der Waals surface area contributed by atoms with E-state index in [0.717, 1.165) is 12.8 Å². The maximum absolute atomic E-state index is 12.0. The molecule has 0 spiro atoms. The zero-order valence-electron chi connectivity index (χ0n) is 10.7. The summed E-state index contributed by atoms with van der Waals surface area (Å²) in [5.41, 5.74) is 0.654. The molecule has 1 aliphatic carbocycles. The minimum absolute atomic E-state index is 0.0250. The van der Waals surface area contributed by atoms with Gasteiger partial charge in [-0.25, -0.2) is 4.98 Å². The van der Waals surface area contributed by atoms with Crippen LogP contribution in [0, 0.1) is 5.92 Å². The van der Waals surface area contributed by atoms with E-state index >= 15 is 0 Å². The zero-order chi connectivity index (χ0) is 14.6. The first kappa shape index (κ1) is 14.6. The van der Waals surface area contributed by atoms with Gasteiger partial charge in [0.15, 0.2) is 0 Å². The topological polar surface area (TPSA) is 51.2 Å². The summed E-state index contributed by atoms with van der Waals surface area (Å²) in [5, 5.41) is 2.22. The Labute approximate surface area is 114 Å². The van der Waals surface area contributed by atoms with Crippen molar-refractivity contribution in [1.29, 1.82) is 0 Å². The molecular weight excluding hydrogens is 273 g/mol. The van der Waals surface area contributed by atoms with Crippen LogP contribution in [-0.2, 0) is 11.3 Å². The van der Waals surface area contributed by atoms with Crippen LogP contribution in [0.1, 0.15) is 24.8 Å². The van der Waals surface area contributed by atoms with Crippen LogP contribution in [0.15, 0.2) is 18.3 Å². The molecular formula is C13H15F3N2O2. The van der Waals surface area contributed by atoms with Crippen LogP contribution in [0.25, 0.3) is 0 Å². The molecule has 1 aromatic heterocycles. The predicted octanol–water partition coefficient (Wildman–Crippen LogP) is 2.44. The van der Waals surface area contributed by atoms with Crippen molar-refractivity contribution in [3.05, 3.63) is 23.9 Å². The van der Waals surface area contributed by atoms with Gasteiger partial charge in [-0.3, -0.25) is 4.79 Å². The lowest BCUT2D eigenvalue weighted by molar-refractivity contribution is -0.153. The van der Waals surface area contributed by atoms with E-state index in [0.29, 0.717) is 24.0 Å². The summed E-state index contributed by atoms with van der Waals surface area (Å²) < 4.78 is 41.4. The number of pyridine rings is 1. The maximum atomic E-state index is 12.0. The summed E-state index contributed by atoms with van der Waals surface area (Å²) in [5.74, 6) is -0.0267. The van der Waals surface area contributed by atoms with Crippen LogP contribution in [0.5, 0.6) is 5.88 Å². The quantitative estimate of drug-likeness (QED) is 0.874. The molecule has 2 rings (SSSR count). The second-order valence-corrected chi connectivity index (χ2v) is 4.83. The Kier molecular flexibility index (Phi) is 4.46. The highest BCUT2D eigenvalue weighted by atomic mass is 19.4. The highest BCUT2D eigenvalue weighted by Gasteiger charge is 2.30. The number of halogens is 3. The number of nitrogens with zero attached hydrogens (tertiary/aromatic N) is 1. The normalized spacial score (nSPS) is 14.9. The van der Waals surface area contributed by atoms with Crippen molar-refractivity contribution in [1.82, 2.24) is 10.3 Å². The van der Waals surface area contributed by atoms with E-state index in [1.165, 1.54) is 6.20 Å². The van der Waals surface area contributed by atoms with E-state index in [2.05, 4.69) is 10.3 Å². The Morgan fingerprint density at radius 3 is 2.85 bits per heavy atom. The second-order valence-electron chi connectivity index (χ2n) is 4.83. The summed E-state index contributed by atoms with van der Waals surface area (Å²) in [6.07, 6.45) is -2.13. The summed E-state index contributed by atoms with van der Waals surface area (Å²) in [6.45, 7) is 0.633. The molecule has 4 nitrogen and oxygen atoms in total. The first-order chi connectivity index (χ1) is 9.42. The molecule has 0 atom stereocenters. The van der Waals surface area contributed by atoms with Gasteiger partial charge in [-0.1, -0.05) is 0 Å². The molecule has 1 aliphatic rings. The molecule has 0 aliphatic heterocycles. The summed E-state index contributed by atoms with van der Waals surface area (Å²) in [4.78, 5) is 15.1. The molecule has 0 unspecified atom stereocenters. The number of hydrogen-bond acceptors (Lipinski definition) is 3. The average molecular weight is 288 g/mol. The van der Waals surface area contributed by atoms with Gasteiger partial charge in [-0.2, -0.15) is 13.2 Å². The number of aromatic nitrogens is 1. The molecule has 0 bridgehead atoms. The molecule has 20 heavy (non-hydrogen) atoms. The van der Waals surface area contributed by atoms with E-state index in [4.69, 9.17) is 4.74 Å².